The Kier molecular flexibility index (Phi) is 5.11. The summed E-state index contributed by atoms with van der Waals surface area (Å²) in [6.45, 7) is 2.38. The molecule has 0 saturated heterocycles. The molecule has 0 saturated carbocycles. The number of carbonyl (C=O) groups is 1. The number of carboxylic acids is 1. The molecule has 112 valence electrons. The fraction of sp³-hybridized carbons (Fsp3) is 0.375. The maximum atomic E-state index is 11.2. The van der Waals surface area contributed by atoms with Crippen molar-refractivity contribution in [3.8, 4) is 5.69 Å². The zero-order chi connectivity index (χ0) is 15.2. The molecule has 0 bridgehead atoms. The van der Waals surface area contributed by atoms with E-state index in [2.05, 4.69) is 24.2 Å². The molecule has 0 amide bonds. The second-order valence-electron chi connectivity index (χ2n) is 4.92. The molecule has 2 aromatic rings. The summed E-state index contributed by atoms with van der Waals surface area (Å²) in [4.78, 5) is 11.2. The fourth-order valence-electron chi connectivity index (χ4n) is 2.24. The normalized spacial score (nSPS) is 10.8. The summed E-state index contributed by atoms with van der Waals surface area (Å²) in [5.74, 6) is -0.993. The van der Waals surface area contributed by atoms with Crippen molar-refractivity contribution in [2.45, 2.75) is 32.8 Å². The van der Waals surface area contributed by atoms with Crippen molar-refractivity contribution in [2.24, 2.45) is 0 Å². The highest BCUT2D eigenvalue weighted by Crippen LogP contribution is 2.17. The molecule has 0 atom stereocenters. The largest absolute Gasteiger partial charge is 0.478 e. The first-order valence-electron chi connectivity index (χ1n) is 7.05. The smallest absolute Gasteiger partial charge is 0.339 e. The van der Waals surface area contributed by atoms with Crippen LogP contribution in [0.1, 0.15) is 41.4 Å². The maximum absolute atomic E-state index is 11.2. The topological polar surface area (TPSA) is 64.4 Å². The predicted octanol–water partition coefficient (Wildman–Crippen LogP) is 3.06. The van der Waals surface area contributed by atoms with Crippen LogP contribution in [0.2, 0.25) is 0 Å². The summed E-state index contributed by atoms with van der Waals surface area (Å²) >= 11 is 0. The highest BCUT2D eigenvalue weighted by molar-refractivity contribution is 5.88. The highest BCUT2D eigenvalue weighted by atomic mass is 16.5. The van der Waals surface area contributed by atoms with E-state index in [1.54, 1.807) is 4.68 Å². The standard InChI is InChI=1S/C16H20N2O3/c1-3-4-5-12-6-8-13(9-7-12)18-15(11-21-2)14(10-17-18)16(19)20/h6-10H,3-5,11H2,1-2H3,(H,19,20). The molecule has 0 spiro atoms. The first-order valence-corrected chi connectivity index (χ1v) is 7.05. The Bertz CT molecular complexity index is 602. The number of ether oxygens (including phenoxy) is 1. The average molecular weight is 288 g/mol. The van der Waals surface area contributed by atoms with Gasteiger partial charge in [-0.2, -0.15) is 5.10 Å². The molecule has 0 aliphatic carbocycles. The van der Waals surface area contributed by atoms with Gasteiger partial charge in [-0.05, 0) is 30.5 Å². The van der Waals surface area contributed by atoms with Crippen molar-refractivity contribution in [1.82, 2.24) is 9.78 Å². The Labute approximate surface area is 124 Å². The number of aryl methyl sites for hydroxylation is 1. The molecule has 5 heteroatoms. The van der Waals surface area contributed by atoms with E-state index in [1.165, 1.54) is 31.7 Å². The first kappa shape index (κ1) is 15.3. The van der Waals surface area contributed by atoms with Crippen molar-refractivity contribution in [3.63, 3.8) is 0 Å². The lowest BCUT2D eigenvalue weighted by atomic mass is 10.1. The lowest BCUT2D eigenvalue weighted by Gasteiger charge is -2.09. The molecule has 1 heterocycles. The summed E-state index contributed by atoms with van der Waals surface area (Å²) < 4.78 is 6.71. The second-order valence-corrected chi connectivity index (χ2v) is 4.92. The number of aromatic carboxylic acids is 1. The van der Waals surface area contributed by atoms with Gasteiger partial charge in [0, 0.05) is 7.11 Å². The predicted molar refractivity (Wildman–Crippen MR) is 79.8 cm³/mol. The molecule has 1 aromatic heterocycles. The van der Waals surface area contributed by atoms with Crippen LogP contribution < -0.4 is 0 Å². The number of carboxylic acid groups (broad SMARTS) is 1. The molecule has 0 fully saturated rings. The minimum atomic E-state index is -0.993. The third-order valence-corrected chi connectivity index (χ3v) is 3.38. The molecule has 0 unspecified atom stereocenters. The van der Waals surface area contributed by atoms with E-state index in [0.717, 1.165) is 12.1 Å². The monoisotopic (exact) mass is 288 g/mol. The molecular weight excluding hydrogens is 268 g/mol. The molecule has 2 rings (SSSR count). The van der Waals surface area contributed by atoms with Crippen LogP contribution in [0.4, 0.5) is 0 Å². The minimum Gasteiger partial charge on any atom is -0.478 e. The summed E-state index contributed by atoms with van der Waals surface area (Å²) in [5, 5.41) is 13.4. The van der Waals surface area contributed by atoms with Crippen LogP contribution in [0.5, 0.6) is 0 Å². The van der Waals surface area contributed by atoms with E-state index in [9.17, 15) is 9.90 Å². The van der Waals surface area contributed by atoms with Gasteiger partial charge in [-0.25, -0.2) is 9.48 Å². The lowest BCUT2D eigenvalue weighted by molar-refractivity contribution is 0.0691. The van der Waals surface area contributed by atoms with Crippen LogP contribution in [0.3, 0.4) is 0 Å². The van der Waals surface area contributed by atoms with Crippen molar-refractivity contribution >= 4 is 5.97 Å². The van der Waals surface area contributed by atoms with Crippen molar-refractivity contribution in [1.29, 1.82) is 0 Å². The van der Waals surface area contributed by atoms with Gasteiger partial charge in [0.15, 0.2) is 0 Å². The Balaban J connectivity index is 2.30. The molecule has 5 nitrogen and oxygen atoms in total. The Morgan fingerprint density at radius 3 is 2.62 bits per heavy atom. The van der Waals surface area contributed by atoms with Crippen LogP contribution in [0, 0.1) is 0 Å². The summed E-state index contributed by atoms with van der Waals surface area (Å²) in [7, 11) is 1.54. The summed E-state index contributed by atoms with van der Waals surface area (Å²) in [6, 6.07) is 8.04. The Morgan fingerprint density at radius 2 is 2.05 bits per heavy atom. The number of methoxy groups -OCH3 is 1. The van der Waals surface area contributed by atoms with Crippen molar-refractivity contribution in [3.05, 3.63) is 47.3 Å². The van der Waals surface area contributed by atoms with Gasteiger partial charge in [0.2, 0.25) is 0 Å². The molecule has 1 N–H and O–H groups in total. The SMILES string of the molecule is CCCCc1ccc(-n2ncc(C(=O)O)c2COC)cc1. The number of benzene rings is 1. The van der Waals surface area contributed by atoms with Crippen molar-refractivity contribution in [2.75, 3.05) is 7.11 Å². The molecule has 0 aliphatic rings. The van der Waals surface area contributed by atoms with Crippen LogP contribution in [0.25, 0.3) is 5.69 Å². The van der Waals surface area contributed by atoms with Gasteiger partial charge in [0.05, 0.1) is 24.2 Å². The quantitative estimate of drug-likeness (QED) is 0.850. The van der Waals surface area contributed by atoms with Crippen molar-refractivity contribution < 1.29 is 14.6 Å². The minimum absolute atomic E-state index is 0.173. The molecule has 0 aliphatic heterocycles. The first-order chi connectivity index (χ1) is 10.2. The zero-order valence-corrected chi connectivity index (χ0v) is 12.4. The zero-order valence-electron chi connectivity index (χ0n) is 12.4. The number of hydrogen-bond donors (Lipinski definition) is 1. The van der Waals surface area contributed by atoms with Crippen LogP contribution >= 0.6 is 0 Å². The van der Waals surface area contributed by atoms with Gasteiger partial charge < -0.3 is 9.84 Å². The maximum Gasteiger partial charge on any atom is 0.339 e. The fourth-order valence-corrected chi connectivity index (χ4v) is 2.24. The van der Waals surface area contributed by atoms with Gasteiger partial charge in [0.1, 0.15) is 5.56 Å². The van der Waals surface area contributed by atoms with E-state index in [1.807, 2.05) is 12.1 Å². The summed E-state index contributed by atoms with van der Waals surface area (Å²) in [5.41, 5.74) is 2.84. The van der Waals surface area contributed by atoms with E-state index >= 15 is 0 Å². The third-order valence-electron chi connectivity index (χ3n) is 3.38. The number of aromatic nitrogens is 2. The van der Waals surface area contributed by atoms with Crippen LogP contribution in [-0.4, -0.2) is 28.0 Å². The van der Waals surface area contributed by atoms with E-state index in [0.29, 0.717) is 5.69 Å². The number of hydrogen-bond acceptors (Lipinski definition) is 3. The van der Waals surface area contributed by atoms with E-state index < -0.39 is 5.97 Å². The molecule has 21 heavy (non-hydrogen) atoms. The Morgan fingerprint density at radius 1 is 1.33 bits per heavy atom. The second kappa shape index (κ2) is 7.04. The van der Waals surface area contributed by atoms with Crippen LogP contribution in [-0.2, 0) is 17.8 Å². The highest BCUT2D eigenvalue weighted by Gasteiger charge is 2.17. The Hall–Kier alpha value is -2.14. The summed E-state index contributed by atoms with van der Waals surface area (Å²) in [6.07, 6.45) is 4.75. The van der Waals surface area contributed by atoms with Gasteiger partial charge >= 0.3 is 5.97 Å². The molecular formula is C16H20N2O3. The molecule has 1 aromatic carbocycles. The van der Waals surface area contributed by atoms with Crippen LogP contribution in [0.15, 0.2) is 30.5 Å². The average Bonchev–Trinajstić information content (AvgIpc) is 2.90. The van der Waals surface area contributed by atoms with E-state index in [4.69, 9.17) is 4.74 Å². The molecule has 0 radical (unpaired) electrons. The van der Waals surface area contributed by atoms with Gasteiger partial charge in [-0.1, -0.05) is 25.5 Å². The number of rotatable bonds is 7. The van der Waals surface area contributed by atoms with Gasteiger partial charge in [0.25, 0.3) is 0 Å². The number of unbranched alkanes of at least 4 members (excludes halogenated alkanes) is 1. The van der Waals surface area contributed by atoms with Gasteiger partial charge in [-0.15, -0.1) is 0 Å². The van der Waals surface area contributed by atoms with E-state index in [-0.39, 0.29) is 12.2 Å². The van der Waals surface area contributed by atoms with Gasteiger partial charge in [-0.3, -0.25) is 0 Å². The third kappa shape index (κ3) is 3.49. The number of nitrogens with zero attached hydrogens (tertiary/aromatic N) is 2. The lowest BCUT2D eigenvalue weighted by Crippen LogP contribution is -2.07.